The second-order valence-electron chi connectivity index (χ2n) is 2.93. The first-order valence-corrected chi connectivity index (χ1v) is 4.19. The van der Waals surface area contributed by atoms with Crippen molar-refractivity contribution in [2.24, 2.45) is 0 Å². The van der Waals surface area contributed by atoms with Gasteiger partial charge in [-0.2, -0.15) is 5.26 Å². The van der Waals surface area contributed by atoms with Crippen LogP contribution in [0.2, 0.25) is 0 Å². The molecule has 2 N–H and O–H groups in total. The third kappa shape index (κ3) is 2.10. The monoisotopic (exact) mass is 225 g/mol. The molecule has 0 aliphatic carbocycles. The number of nitriles is 1. The molecule has 1 atom stereocenters. The molecule has 6 heteroatoms. The maximum Gasteiger partial charge on any atom is 0.337 e. The van der Waals surface area contributed by atoms with Gasteiger partial charge in [-0.1, -0.05) is 0 Å². The zero-order valence-electron chi connectivity index (χ0n) is 8.27. The van der Waals surface area contributed by atoms with E-state index in [9.17, 15) is 14.3 Å². The summed E-state index contributed by atoms with van der Waals surface area (Å²) >= 11 is 0. The number of halogens is 1. The lowest BCUT2D eigenvalue weighted by Gasteiger charge is -2.10. The number of rotatable bonds is 3. The van der Waals surface area contributed by atoms with Crippen molar-refractivity contribution < 1.29 is 24.1 Å². The van der Waals surface area contributed by atoms with E-state index < -0.39 is 17.9 Å². The van der Waals surface area contributed by atoms with E-state index in [0.717, 1.165) is 12.1 Å². The van der Waals surface area contributed by atoms with Crippen molar-refractivity contribution in [1.82, 2.24) is 0 Å². The Balaban J connectivity index is 3.35. The van der Waals surface area contributed by atoms with Crippen LogP contribution >= 0.6 is 0 Å². The molecule has 0 aliphatic heterocycles. The van der Waals surface area contributed by atoms with Crippen molar-refractivity contribution in [2.75, 3.05) is 7.11 Å². The highest BCUT2D eigenvalue weighted by molar-refractivity contribution is 5.75. The highest BCUT2D eigenvalue weighted by Crippen LogP contribution is 2.26. The molecule has 0 saturated heterocycles. The van der Waals surface area contributed by atoms with Crippen LogP contribution in [0.25, 0.3) is 0 Å². The van der Waals surface area contributed by atoms with Gasteiger partial charge in [0.05, 0.1) is 18.7 Å². The minimum atomic E-state index is -1.94. The number of carboxylic acid groups (broad SMARTS) is 1. The van der Waals surface area contributed by atoms with Crippen molar-refractivity contribution in [3.63, 3.8) is 0 Å². The summed E-state index contributed by atoms with van der Waals surface area (Å²) in [5.41, 5.74) is -0.443. The molecule has 0 fully saturated rings. The summed E-state index contributed by atoms with van der Waals surface area (Å²) in [6.07, 6.45) is -1.94. The average Bonchev–Trinajstić information content (AvgIpc) is 2.27. The Kier molecular flexibility index (Phi) is 3.43. The number of benzene rings is 1. The molecule has 16 heavy (non-hydrogen) atoms. The second kappa shape index (κ2) is 4.59. The summed E-state index contributed by atoms with van der Waals surface area (Å²) in [4.78, 5) is 10.5. The van der Waals surface area contributed by atoms with Crippen LogP contribution in [-0.2, 0) is 4.79 Å². The maximum atomic E-state index is 13.3. The Bertz CT molecular complexity index is 467. The number of carboxylic acids is 1. The minimum Gasteiger partial charge on any atom is -0.494 e. The SMILES string of the molecule is COc1cc(C#N)c(C(O)C(=O)O)cc1F. The molecule has 1 aromatic carbocycles. The van der Waals surface area contributed by atoms with E-state index in [1.807, 2.05) is 0 Å². The van der Waals surface area contributed by atoms with Gasteiger partial charge in [-0.05, 0) is 6.07 Å². The van der Waals surface area contributed by atoms with E-state index in [2.05, 4.69) is 4.74 Å². The summed E-state index contributed by atoms with van der Waals surface area (Å²) in [6.45, 7) is 0. The highest BCUT2D eigenvalue weighted by atomic mass is 19.1. The minimum absolute atomic E-state index is 0.145. The molecule has 0 heterocycles. The van der Waals surface area contributed by atoms with Gasteiger partial charge in [-0.15, -0.1) is 0 Å². The molecule has 0 bridgehead atoms. The zero-order chi connectivity index (χ0) is 12.3. The molecule has 84 valence electrons. The summed E-state index contributed by atoms with van der Waals surface area (Å²) in [6, 6.07) is 3.48. The molecule has 0 saturated carbocycles. The largest absolute Gasteiger partial charge is 0.494 e. The van der Waals surface area contributed by atoms with Crippen molar-refractivity contribution in [3.05, 3.63) is 29.1 Å². The van der Waals surface area contributed by atoms with E-state index >= 15 is 0 Å². The number of aliphatic hydroxyl groups is 1. The molecule has 0 spiro atoms. The van der Waals surface area contributed by atoms with Gasteiger partial charge >= 0.3 is 5.97 Å². The molecular weight excluding hydrogens is 217 g/mol. The first-order valence-electron chi connectivity index (χ1n) is 4.19. The Labute approximate surface area is 90.3 Å². The number of aliphatic hydroxyl groups excluding tert-OH is 1. The number of hydrogen-bond acceptors (Lipinski definition) is 4. The first-order chi connectivity index (χ1) is 7.51. The zero-order valence-corrected chi connectivity index (χ0v) is 8.27. The maximum absolute atomic E-state index is 13.3. The van der Waals surface area contributed by atoms with E-state index in [0.29, 0.717) is 0 Å². The number of ether oxygens (including phenoxy) is 1. The van der Waals surface area contributed by atoms with Crippen LogP contribution in [0, 0.1) is 17.1 Å². The predicted octanol–water partition coefficient (Wildman–Crippen LogP) is 0.824. The van der Waals surface area contributed by atoms with Crippen molar-refractivity contribution in [2.45, 2.75) is 6.10 Å². The van der Waals surface area contributed by atoms with Gasteiger partial charge in [0, 0.05) is 11.6 Å². The number of aliphatic carboxylic acids is 1. The van der Waals surface area contributed by atoms with Gasteiger partial charge in [-0.25, -0.2) is 9.18 Å². The molecule has 5 nitrogen and oxygen atoms in total. The Hall–Kier alpha value is -2.13. The lowest BCUT2D eigenvalue weighted by Crippen LogP contribution is -2.12. The highest BCUT2D eigenvalue weighted by Gasteiger charge is 2.22. The van der Waals surface area contributed by atoms with Gasteiger partial charge in [0.1, 0.15) is 0 Å². The summed E-state index contributed by atoms with van der Waals surface area (Å²) in [5.74, 6) is -2.57. The molecular formula is C10H8FNO4. The fourth-order valence-electron chi connectivity index (χ4n) is 1.18. The van der Waals surface area contributed by atoms with Gasteiger partial charge < -0.3 is 14.9 Å². The standard InChI is InChI=1S/C10H8FNO4/c1-16-8-2-5(4-12)6(3-7(8)11)9(13)10(14)15/h2-3,9,13H,1H3,(H,14,15). The normalized spacial score (nSPS) is 11.6. The van der Waals surface area contributed by atoms with Crippen LogP contribution in [0.5, 0.6) is 5.75 Å². The van der Waals surface area contributed by atoms with E-state index in [4.69, 9.17) is 10.4 Å². The van der Waals surface area contributed by atoms with Crippen LogP contribution in [0.4, 0.5) is 4.39 Å². The molecule has 1 rings (SSSR count). The fraction of sp³-hybridized carbons (Fsp3) is 0.200. The Morgan fingerprint density at radius 3 is 2.69 bits per heavy atom. The van der Waals surface area contributed by atoms with Crippen LogP contribution < -0.4 is 4.74 Å². The van der Waals surface area contributed by atoms with Gasteiger partial charge in [0.25, 0.3) is 0 Å². The van der Waals surface area contributed by atoms with E-state index in [1.165, 1.54) is 7.11 Å². The smallest absolute Gasteiger partial charge is 0.337 e. The number of nitrogens with zero attached hydrogens (tertiary/aromatic N) is 1. The number of methoxy groups -OCH3 is 1. The molecule has 1 unspecified atom stereocenters. The third-order valence-corrected chi connectivity index (χ3v) is 1.97. The van der Waals surface area contributed by atoms with Gasteiger partial charge in [0.15, 0.2) is 17.7 Å². The quantitative estimate of drug-likeness (QED) is 0.794. The summed E-state index contributed by atoms with van der Waals surface area (Å²) in [7, 11) is 1.22. The average molecular weight is 225 g/mol. The lowest BCUT2D eigenvalue weighted by atomic mass is 10.0. The Morgan fingerprint density at radius 2 is 2.25 bits per heavy atom. The van der Waals surface area contributed by atoms with Crippen LogP contribution in [-0.4, -0.2) is 23.3 Å². The molecule has 0 aliphatic rings. The van der Waals surface area contributed by atoms with E-state index in [-0.39, 0.29) is 16.9 Å². The van der Waals surface area contributed by atoms with E-state index in [1.54, 1.807) is 6.07 Å². The summed E-state index contributed by atoms with van der Waals surface area (Å²) in [5, 5.41) is 26.5. The first kappa shape index (κ1) is 11.9. The topological polar surface area (TPSA) is 90.5 Å². The third-order valence-electron chi connectivity index (χ3n) is 1.97. The Morgan fingerprint density at radius 1 is 1.62 bits per heavy atom. The van der Waals surface area contributed by atoms with Crippen molar-refractivity contribution >= 4 is 5.97 Å². The number of carbonyl (C=O) groups is 1. The van der Waals surface area contributed by atoms with Gasteiger partial charge in [-0.3, -0.25) is 0 Å². The molecule has 0 radical (unpaired) electrons. The van der Waals surface area contributed by atoms with Crippen LogP contribution in [0.3, 0.4) is 0 Å². The molecule has 0 amide bonds. The second-order valence-corrected chi connectivity index (χ2v) is 2.93. The fourth-order valence-corrected chi connectivity index (χ4v) is 1.18. The van der Waals surface area contributed by atoms with Crippen LogP contribution in [0.1, 0.15) is 17.2 Å². The van der Waals surface area contributed by atoms with Gasteiger partial charge in [0.2, 0.25) is 0 Å². The van der Waals surface area contributed by atoms with Crippen molar-refractivity contribution in [3.8, 4) is 11.8 Å². The molecule has 0 aromatic heterocycles. The van der Waals surface area contributed by atoms with Crippen LogP contribution in [0.15, 0.2) is 12.1 Å². The predicted molar refractivity (Wildman–Crippen MR) is 50.3 cm³/mol. The van der Waals surface area contributed by atoms with Crippen molar-refractivity contribution in [1.29, 1.82) is 5.26 Å². The summed E-state index contributed by atoms with van der Waals surface area (Å²) < 4.78 is 17.9. The lowest BCUT2D eigenvalue weighted by molar-refractivity contribution is -0.146. The molecule has 1 aromatic rings. The number of hydrogen-bond donors (Lipinski definition) is 2.